The van der Waals surface area contributed by atoms with Crippen molar-refractivity contribution in [2.24, 2.45) is 16.1 Å². The van der Waals surface area contributed by atoms with Crippen LogP contribution in [0.15, 0.2) is 57.6 Å². The van der Waals surface area contributed by atoms with E-state index in [0.717, 1.165) is 18.4 Å². The van der Waals surface area contributed by atoms with Gasteiger partial charge in [0.25, 0.3) is 0 Å². The normalized spacial score (nSPS) is 16.9. The number of hydrogen-bond donors (Lipinski definition) is 1. The van der Waals surface area contributed by atoms with Gasteiger partial charge in [0, 0.05) is 13.1 Å². The van der Waals surface area contributed by atoms with Crippen molar-refractivity contribution in [3.8, 4) is 5.75 Å². The summed E-state index contributed by atoms with van der Waals surface area (Å²) in [5, 5.41) is 18.2. The molecule has 1 fully saturated rings. The first-order valence-corrected chi connectivity index (χ1v) is 11.1. The van der Waals surface area contributed by atoms with Crippen molar-refractivity contribution in [1.82, 2.24) is 4.31 Å². The minimum atomic E-state index is -3.47. The van der Waals surface area contributed by atoms with Crippen LogP contribution in [0.2, 0.25) is 0 Å². The Bertz CT molecular complexity index is 945. The molecule has 2 aromatic carbocycles. The van der Waals surface area contributed by atoms with Gasteiger partial charge >= 0.3 is 0 Å². The number of benzene rings is 2. The largest absolute Gasteiger partial charge is 0.506 e. The maximum Gasteiger partial charge on any atom is 0.243 e. The molecule has 1 saturated heterocycles. The molecule has 1 N–H and O–H groups in total. The van der Waals surface area contributed by atoms with E-state index in [2.05, 4.69) is 31.0 Å². The lowest BCUT2D eigenvalue weighted by Gasteiger charge is -2.29. The summed E-state index contributed by atoms with van der Waals surface area (Å²) in [4.78, 5) is 0.269. The molecule has 1 heterocycles. The van der Waals surface area contributed by atoms with E-state index in [0.29, 0.717) is 36.3 Å². The van der Waals surface area contributed by atoms with Crippen LogP contribution in [0.4, 0.5) is 11.4 Å². The summed E-state index contributed by atoms with van der Waals surface area (Å²) >= 11 is 0. The molecular formula is C21H27N3O3S. The first-order chi connectivity index (χ1) is 13.3. The van der Waals surface area contributed by atoms with Gasteiger partial charge in [-0.15, -0.1) is 5.11 Å². The maximum absolute atomic E-state index is 12.8. The molecule has 1 aliphatic heterocycles. The van der Waals surface area contributed by atoms with Crippen molar-refractivity contribution >= 4 is 21.4 Å². The standard InChI is InChI=1S/C21H27N3O3S/c1-15(2)17-4-9-21(25)20(14-17)23-22-18-5-7-19(8-6-18)28(26,27)24-12-10-16(3)11-13-24/h4-9,14-16,25H,10-13H2,1-3H3. The molecule has 0 bridgehead atoms. The zero-order valence-corrected chi connectivity index (χ0v) is 17.4. The zero-order chi connectivity index (χ0) is 20.3. The molecule has 0 spiro atoms. The van der Waals surface area contributed by atoms with E-state index in [-0.39, 0.29) is 10.6 Å². The summed E-state index contributed by atoms with van der Waals surface area (Å²) in [5.41, 5.74) is 1.98. The first-order valence-electron chi connectivity index (χ1n) is 9.62. The van der Waals surface area contributed by atoms with Crippen LogP contribution < -0.4 is 0 Å². The fraction of sp³-hybridized carbons (Fsp3) is 0.429. The molecule has 0 unspecified atom stereocenters. The molecule has 2 aromatic rings. The molecule has 0 radical (unpaired) electrons. The fourth-order valence-electron chi connectivity index (χ4n) is 3.15. The second-order valence-corrected chi connectivity index (χ2v) is 9.62. The van der Waals surface area contributed by atoms with Gasteiger partial charge in [-0.05, 0) is 66.6 Å². The second-order valence-electron chi connectivity index (χ2n) is 7.68. The molecule has 6 nitrogen and oxygen atoms in total. The van der Waals surface area contributed by atoms with E-state index in [1.807, 2.05) is 6.07 Å². The van der Waals surface area contributed by atoms with Crippen molar-refractivity contribution in [3.63, 3.8) is 0 Å². The van der Waals surface area contributed by atoms with Gasteiger partial charge in [-0.1, -0.05) is 26.8 Å². The van der Waals surface area contributed by atoms with Crippen LogP contribution in [0.1, 0.15) is 45.1 Å². The Labute approximate surface area is 167 Å². The van der Waals surface area contributed by atoms with Crippen LogP contribution in [0.25, 0.3) is 0 Å². The summed E-state index contributed by atoms with van der Waals surface area (Å²) in [6, 6.07) is 11.7. The third-order valence-electron chi connectivity index (χ3n) is 5.16. The van der Waals surface area contributed by atoms with Crippen molar-refractivity contribution in [3.05, 3.63) is 48.0 Å². The summed E-state index contributed by atoms with van der Waals surface area (Å²) in [7, 11) is -3.47. The minimum Gasteiger partial charge on any atom is -0.506 e. The fourth-order valence-corrected chi connectivity index (χ4v) is 4.62. The number of nitrogens with zero attached hydrogens (tertiary/aromatic N) is 3. The quantitative estimate of drug-likeness (QED) is 0.685. The Kier molecular flexibility index (Phi) is 6.15. The Balaban J connectivity index is 1.76. The van der Waals surface area contributed by atoms with Crippen LogP contribution in [-0.2, 0) is 10.0 Å². The molecule has 3 rings (SSSR count). The highest BCUT2D eigenvalue weighted by Gasteiger charge is 2.27. The first kappa shape index (κ1) is 20.5. The highest BCUT2D eigenvalue weighted by atomic mass is 32.2. The van der Waals surface area contributed by atoms with E-state index in [9.17, 15) is 13.5 Å². The molecular weight excluding hydrogens is 374 g/mol. The van der Waals surface area contributed by atoms with Crippen LogP contribution in [0, 0.1) is 5.92 Å². The predicted molar refractivity (Wildman–Crippen MR) is 110 cm³/mol. The third-order valence-corrected chi connectivity index (χ3v) is 7.07. The second kappa shape index (κ2) is 8.41. The predicted octanol–water partition coefficient (Wildman–Crippen LogP) is 5.35. The van der Waals surface area contributed by atoms with Gasteiger partial charge in [0.05, 0.1) is 10.6 Å². The molecule has 0 atom stereocenters. The van der Waals surface area contributed by atoms with Crippen molar-refractivity contribution in [2.75, 3.05) is 13.1 Å². The van der Waals surface area contributed by atoms with Crippen molar-refractivity contribution < 1.29 is 13.5 Å². The molecule has 0 saturated carbocycles. The number of hydrogen-bond acceptors (Lipinski definition) is 5. The van der Waals surface area contributed by atoms with Crippen LogP contribution in [0.3, 0.4) is 0 Å². The molecule has 0 aliphatic carbocycles. The Hall–Kier alpha value is -2.25. The van der Waals surface area contributed by atoms with Crippen LogP contribution in [0.5, 0.6) is 5.75 Å². The highest BCUT2D eigenvalue weighted by molar-refractivity contribution is 7.89. The van der Waals surface area contributed by atoms with E-state index in [4.69, 9.17) is 0 Å². The third kappa shape index (κ3) is 4.59. The lowest BCUT2D eigenvalue weighted by molar-refractivity contribution is 0.288. The van der Waals surface area contributed by atoms with Gasteiger partial charge in [0.2, 0.25) is 10.0 Å². The Morgan fingerprint density at radius 2 is 1.68 bits per heavy atom. The SMILES string of the molecule is CC1CCN(S(=O)(=O)c2ccc(N=Nc3cc(C(C)C)ccc3O)cc2)CC1. The number of phenols is 1. The van der Waals surface area contributed by atoms with E-state index in [1.54, 1.807) is 40.7 Å². The van der Waals surface area contributed by atoms with Gasteiger partial charge in [0.1, 0.15) is 11.4 Å². The highest BCUT2D eigenvalue weighted by Crippen LogP contribution is 2.32. The molecule has 0 amide bonds. The lowest BCUT2D eigenvalue weighted by atomic mass is 10.0. The van der Waals surface area contributed by atoms with Crippen molar-refractivity contribution in [1.29, 1.82) is 0 Å². The Morgan fingerprint density at radius 3 is 2.29 bits per heavy atom. The smallest absolute Gasteiger partial charge is 0.243 e. The summed E-state index contributed by atoms with van der Waals surface area (Å²) < 4.78 is 27.1. The van der Waals surface area contributed by atoms with Gasteiger partial charge in [-0.2, -0.15) is 9.42 Å². The van der Waals surface area contributed by atoms with Crippen molar-refractivity contribution in [2.45, 2.75) is 44.4 Å². The lowest BCUT2D eigenvalue weighted by Crippen LogP contribution is -2.37. The van der Waals surface area contributed by atoms with Crippen LogP contribution >= 0.6 is 0 Å². The molecule has 150 valence electrons. The van der Waals surface area contributed by atoms with E-state index in [1.165, 1.54) is 0 Å². The summed E-state index contributed by atoms with van der Waals surface area (Å²) in [5.74, 6) is 0.948. The summed E-state index contributed by atoms with van der Waals surface area (Å²) in [6.45, 7) is 7.41. The molecule has 0 aromatic heterocycles. The number of rotatable bonds is 5. The number of phenolic OH excluding ortho intramolecular Hbond substituents is 1. The molecule has 1 aliphatic rings. The molecule has 7 heteroatoms. The van der Waals surface area contributed by atoms with Gasteiger partial charge in [-0.3, -0.25) is 0 Å². The molecule has 28 heavy (non-hydrogen) atoms. The van der Waals surface area contributed by atoms with Gasteiger partial charge < -0.3 is 5.11 Å². The average Bonchev–Trinajstić information content (AvgIpc) is 2.68. The number of azo groups is 1. The zero-order valence-electron chi connectivity index (χ0n) is 16.5. The number of aromatic hydroxyl groups is 1. The van der Waals surface area contributed by atoms with Gasteiger partial charge in [-0.25, -0.2) is 8.42 Å². The topological polar surface area (TPSA) is 82.3 Å². The maximum atomic E-state index is 12.8. The van der Waals surface area contributed by atoms with Crippen LogP contribution in [-0.4, -0.2) is 30.9 Å². The van der Waals surface area contributed by atoms with Gasteiger partial charge in [0.15, 0.2) is 0 Å². The summed E-state index contributed by atoms with van der Waals surface area (Å²) in [6.07, 6.45) is 1.79. The van der Waals surface area contributed by atoms with E-state index >= 15 is 0 Å². The monoisotopic (exact) mass is 401 g/mol. The number of piperidine rings is 1. The average molecular weight is 402 g/mol. The minimum absolute atomic E-state index is 0.0617. The van der Waals surface area contributed by atoms with E-state index < -0.39 is 10.0 Å². The number of sulfonamides is 1. The Morgan fingerprint density at radius 1 is 1.04 bits per heavy atom.